The number of rotatable bonds is 4. The minimum absolute atomic E-state index is 0.0502. The number of furan rings is 1. The molecule has 3 aromatic heterocycles. The Balaban J connectivity index is 1.01. The zero-order valence-corrected chi connectivity index (χ0v) is 29.0. The number of thiophene rings is 2. The number of fused-ring (bicyclic) bond motifs is 9. The molecule has 3 unspecified atom stereocenters. The van der Waals surface area contributed by atoms with Gasteiger partial charge in [0.25, 0.3) is 0 Å². The lowest BCUT2D eigenvalue weighted by molar-refractivity contribution is 0.203. The summed E-state index contributed by atoms with van der Waals surface area (Å²) in [5.41, 5.74) is 8.01. The summed E-state index contributed by atoms with van der Waals surface area (Å²) in [6.07, 6.45) is -0.226. The van der Waals surface area contributed by atoms with E-state index in [4.69, 9.17) is 4.42 Å². The second kappa shape index (κ2) is 11.6. The van der Waals surface area contributed by atoms with Crippen LogP contribution in [0.25, 0.3) is 73.4 Å². The van der Waals surface area contributed by atoms with Crippen LogP contribution in [0.15, 0.2) is 156 Å². The molecular weight excluding hydrogens is 663 g/mol. The fraction of sp³-hybridized carbons (Fsp3) is 0.0667. The van der Waals surface area contributed by atoms with Crippen LogP contribution in [-0.4, -0.2) is 0 Å². The van der Waals surface area contributed by atoms with E-state index in [2.05, 4.69) is 155 Å². The van der Waals surface area contributed by atoms with E-state index >= 15 is 0 Å². The number of hydrogen-bond donors (Lipinski definition) is 3. The Morgan fingerprint density at radius 2 is 0.922 bits per heavy atom. The first-order valence-corrected chi connectivity index (χ1v) is 19.0. The maximum absolute atomic E-state index is 6.16. The monoisotopic (exact) mass is 693 g/mol. The van der Waals surface area contributed by atoms with Crippen LogP contribution in [0.3, 0.4) is 0 Å². The highest BCUT2D eigenvalue weighted by atomic mass is 32.1. The molecule has 0 spiro atoms. The van der Waals surface area contributed by atoms with E-state index in [1.807, 2.05) is 34.8 Å². The molecule has 1 aliphatic heterocycles. The van der Waals surface area contributed by atoms with Crippen molar-refractivity contribution in [3.63, 3.8) is 0 Å². The topological polar surface area (TPSA) is 49.2 Å². The molecular formula is C45H31N3OS2. The van der Waals surface area contributed by atoms with Gasteiger partial charge >= 0.3 is 0 Å². The van der Waals surface area contributed by atoms with Gasteiger partial charge in [-0.05, 0) is 47.0 Å². The van der Waals surface area contributed by atoms with Gasteiger partial charge in [0.15, 0.2) is 0 Å². The van der Waals surface area contributed by atoms with Gasteiger partial charge in [0, 0.05) is 62.2 Å². The van der Waals surface area contributed by atoms with Crippen molar-refractivity contribution in [2.75, 3.05) is 0 Å². The standard InChI is InChI=1S/C45H31N3OS2/c1-2-10-26(11-3-1)43-46-44(27-21-23-38-36(24-27)29-12-4-6-18-37(29)49-38)48-45(47-43)28-20-22-31-33-15-9-17-35(42(33)51-40(31)25-28)34-16-8-14-32-30-13-5-7-19-39(30)50-41(32)34/h1-25,43-48H. The summed E-state index contributed by atoms with van der Waals surface area (Å²) < 4.78 is 11.5. The molecule has 0 amide bonds. The molecule has 51 heavy (non-hydrogen) atoms. The van der Waals surface area contributed by atoms with Crippen molar-refractivity contribution in [1.82, 2.24) is 16.0 Å². The molecule has 0 aliphatic carbocycles. The highest BCUT2D eigenvalue weighted by Crippen LogP contribution is 2.45. The maximum atomic E-state index is 6.16. The van der Waals surface area contributed by atoms with Gasteiger partial charge in [0.2, 0.25) is 0 Å². The average molecular weight is 694 g/mol. The molecule has 1 aliphatic rings. The summed E-state index contributed by atoms with van der Waals surface area (Å²) >= 11 is 3.79. The predicted molar refractivity (Wildman–Crippen MR) is 215 cm³/mol. The molecule has 10 aromatic rings. The molecule has 0 saturated carbocycles. The molecule has 244 valence electrons. The number of para-hydroxylation sites is 1. The Morgan fingerprint density at radius 1 is 0.373 bits per heavy atom. The normalized spacial score (nSPS) is 18.2. The average Bonchev–Trinajstić information content (AvgIpc) is 3.89. The fourth-order valence-corrected chi connectivity index (χ4v) is 10.5. The molecule has 0 radical (unpaired) electrons. The van der Waals surface area contributed by atoms with Gasteiger partial charge in [0.05, 0.1) is 18.5 Å². The first kappa shape index (κ1) is 29.4. The Kier molecular flexibility index (Phi) is 6.69. The van der Waals surface area contributed by atoms with Crippen LogP contribution in [0.1, 0.15) is 35.2 Å². The van der Waals surface area contributed by atoms with Crippen molar-refractivity contribution in [3.8, 4) is 11.1 Å². The number of nitrogens with one attached hydrogen (secondary N) is 3. The third-order valence-corrected chi connectivity index (χ3v) is 12.8. The first-order valence-electron chi connectivity index (χ1n) is 17.4. The second-order valence-corrected chi connectivity index (χ2v) is 15.5. The summed E-state index contributed by atoms with van der Waals surface area (Å²) in [7, 11) is 0. The lowest BCUT2D eigenvalue weighted by Crippen LogP contribution is -2.54. The van der Waals surface area contributed by atoms with Gasteiger partial charge in [-0.25, -0.2) is 0 Å². The summed E-state index contributed by atoms with van der Waals surface area (Å²) in [5.74, 6) is 0. The summed E-state index contributed by atoms with van der Waals surface area (Å²) in [6, 6.07) is 54.8. The van der Waals surface area contributed by atoms with E-state index in [0.29, 0.717) is 0 Å². The molecule has 6 heteroatoms. The van der Waals surface area contributed by atoms with Crippen molar-refractivity contribution < 1.29 is 4.42 Å². The van der Waals surface area contributed by atoms with Crippen molar-refractivity contribution in [1.29, 1.82) is 0 Å². The number of benzene rings is 7. The lowest BCUT2D eigenvalue weighted by Gasteiger charge is -2.39. The van der Waals surface area contributed by atoms with Gasteiger partial charge in [-0.1, -0.05) is 121 Å². The molecule has 7 aromatic carbocycles. The lowest BCUT2D eigenvalue weighted by atomic mass is 10.00. The van der Waals surface area contributed by atoms with Crippen molar-refractivity contribution in [3.05, 3.63) is 168 Å². The molecule has 4 nitrogen and oxygen atoms in total. The smallest absolute Gasteiger partial charge is 0.135 e. The number of hydrogen-bond acceptors (Lipinski definition) is 6. The predicted octanol–water partition coefficient (Wildman–Crippen LogP) is 12.2. The fourth-order valence-electron chi connectivity index (χ4n) is 7.96. The zero-order valence-electron chi connectivity index (χ0n) is 27.4. The zero-order chi connectivity index (χ0) is 33.5. The molecule has 4 heterocycles. The van der Waals surface area contributed by atoms with E-state index in [9.17, 15) is 0 Å². The van der Waals surface area contributed by atoms with Gasteiger partial charge in [-0.3, -0.25) is 16.0 Å². The summed E-state index contributed by atoms with van der Waals surface area (Å²) in [6.45, 7) is 0. The quantitative estimate of drug-likeness (QED) is 0.172. The van der Waals surface area contributed by atoms with E-state index < -0.39 is 0 Å². The van der Waals surface area contributed by atoms with Crippen LogP contribution in [0.4, 0.5) is 0 Å². The Bertz CT molecular complexity index is 2940. The maximum Gasteiger partial charge on any atom is 0.135 e. The van der Waals surface area contributed by atoms with E-state index in [-0.39, 0.29) is 18.5 Å². The third kappa shape index (κ3) is 4.76. The highest BCUT2D eigenvalue weighted by molar-refractivity contribution is 7.27. The van der Waals surface area contributed by atoms with Crippen molar-refractivity contribution in [2.24, 2.45) is 0 Å². The third-order valence-electron chi connectivity index (χ3n) is 10.4. The summed E-state index contributed by atoms with van der Waals surface area (Å²) in [4.78, 5) is 0. The molecule has 1 saturated heterocycles. The minimum Gasteiger partial charge on any atom is -0.456 e. The first-order chi connectivity index (χ1) is 25.2. The highest BCUT2D eigenvalue weighted by Gasteiger charge is 2.30. The van der Waals surface area contributed by atoms with Crippen LogP contribution in [-0.2, 0) is 0 Å². The van der Waals surface area contributed by atoms with E-state index in [0.717, 1.165) is 21.9 Å². The van der Waals surface area contributed by atoms with Gasteiger partial charge in [-0.15, -0.1) is 22.7 Å². The molecule has 3 atom stereocenters. The summed E-state index contributed by atoms with van der Waals surface area (Å²) in [5, 5.41) is 19.2. The van der Waals surface area contributed by atoms with Crippen molar-refractivity contribution in [2.45, 2.75) is 18.5 Å². The van der Waals surface area contributed by atoms with Crippen LogP contribution < -0.4 is 16.0 Å². The van der Waals surface area contributed by atoms with E-state index in [1.165, 1.54) is 68.2 Å². The molecule has 11 rings (SSSR count). The Labute approximate surface area is 302 Å². The molecule has 3 N–H and O–H groups in total. The van der Waals surface area contributed by atoms with Crippen molar-refractivity contribution >= 4 is 85.0 Å². The van der Waals surface area contributed by atoms with Crippen LogP contribution >= 0.6 is 22.7 Å². The Hall–Kier alpha value is -5.34. The van der Waals surface area contributed by atoms with Gasteiger partial charge < -0.3 is 4.42 Å². The van der Waals surface area contributed by atoms with Crippen LogP contribution in [0.5, 0.6) is 0 Å². The SMILES string of the molecule is c1ccc(C2NC(c3ccc4c(c3)sc3c(-c5cccc6c5sc5ccccc56)cccc34)NC(c3ccc4oc5ccccc5c4c3)N2)cc1. The van der Waals surface area contributed by atoms with Gasteiger partial charge in [-0.2, -0.15) is 0 Å². The van der Waals surface area contributed by atoms with E-state index in [1.54, 1.807) is 0 Å². The van der Waals surface area contributed by atoms with Gasteiger partial charge in [0.1, 0.15) is 11.2 Å². The molecule has 1 fully saturated rings. The van der Waals surface area contributed by atoms with Crippen LogP contribution in [0.2, 0.25) is 0 Å². The molecule has 0 bridgehead atoms. The largest absolute Gasteiger partial charge is 0.456 e. The Morgan fingerprint density at radius 3 is 1.69 bits per heavy atom. The van der Waals surface area contributed by atoms with Crippen LogP contribution in [0, 0.1) is 0 Å². The second-order valence-electron chi connectivity index (χ2n) is 13.4. The minimum atomic E-state index is -0.0916.